The Balaban J connectivity index is 2.42. The second kappa shape index (κ2) is 7.39. The first-order valence-electron chi connectivity index (χ1n) is 5.98. The van der Waals surface area contributed by atoms with Crippen LogP contribution in [0, 0.1) is 16.0 Å². The Labute approximate surface area is 121 Å². The standard InChI is InChI=1S/C12H16N4O3S/c1-8(2)7-11(17)14-15-12(20)13-9-3-5-10(6-4-9)16(18)19/h3-6,8H,7H2,1-2H3,(H,14,17)(H2,13,15,20). The fourth-order valence-electron chi connectivity index (χ4n) is 1.38. The van der Waals surface area contributed by atoms with Crippen LogP contribution in [0.5, 0.6) is 0 Å². The highest BCUT2D eigenvalue weighted by Gasteiger charge is 2.06. The Hall–Kier alpha value is -2.22. The Morgan fingerprint density at radius 1 is 1.30 bits per heavy atom. The topological polar surface area (TPSA) is 96.3 Å². The van der Waals surface area contributed by atoms with Crippen LogP contribution in [0.2, 0.25) is 0 Å². The lowest BCUT2D eigenvalue weighted by Crippen LogP contribution is -2.44. The summed E-state index contributed by atoms with van der Waals surface area (Å²) in [5, 5.41) is 13.5. The van der Waals surface area contributed by atoms with E-state index in [-0.39, 0.29) is 22.6 Å². The molecule has 0 fully saturated rings. The van der Waals surface area contributed by atoms with Crippen molar-refractivity contribution in [2.75, 3.05) is 5.32 Å². The maximum absolute atomic E-state index is 11.4. The maximum atomic E-state index is 11.4. The normalized spacial score (nSPS) is 9.95. The first-order valence-corrected chi connectivity index (χ1v) is 6.39. The Bertz CT molecular complexity index is 502. The number of non-ortho nitro benzene ring substituents is 1. The van der Waals surface area contributed by atoms with E-state index >= 15 is 0 Å². The van der Waals surface area contributed by atoms with Gasteiger partial charge in [-0.05, 0) is 30.3 Å². The van der Waals surface area contributed by atoms with E-state index in [9.17, 15) is 14.9 Å². The molecule has 1 amide bonds. The van der Waals surface area contributed by atoms with Gasteiger partial charge in [0, 0.05) is 24.2 Å². The molecule has 7 nitrogen and oxygen atoms in total. The molecule has 0 aliphatic heterocycles. The van der Waals surface area contributed by atoms with Crippen LogP contribution in [0.3, 0.4) is 0 Å². The van der Waals surface area contributed by atoms with Crippen molar-refractivity contribution in [3.05, 3.63) is 34.4 Å². The van der Waals surface area contributed by atoms with Gasteiger partial charge in [0.25, 0.3) is 5.69 Å². The highest BCUT2D eigenvalue weighted by molar-refractivity contribution is 7.80. The summed E-state index contributed by atoms with van der Waals surface area (Å²) in [6.07, 6.45) is 0.396. The lowest BCUT2D eigenvalue weighted by molar-refractivity contribution is -0.384. The number of amides is 1. The van der Waals surface area contributed by atoms with Crippen LogP contribution in [-0.2, 0) is 4.79 Å². The number of hydrogen-bond donors (Lipinski definition) is 3. The number of nitro groups is 1. The van der Waals surface area contributed by atoms with Crippen LogP contribution >= 0.6 is 12.2 Å². The maximum Gasteiger partial charge on any atom is 0.269 e. The Morgan fingerprint density at radius 3 is 2.40 bits per heavy atom. The summed E-state index contributed by atoms with van der Waals surface area (Å²) in [5.41, 5.74) is 5.61. The monoisotopic (exact) mass is 296 g/mol. The second-order valence-corrected chi connectivity index (χ2v) is 4.94. The summed E-state index contributed by atoms with van der Waals surface area (Å²) >= 11 is 4.98. The molecule has 0 atom stereocenters. The van der Waals surface area contributed by atoms with Gasteiger partial charge in [-0.3, -0.25) is 25.8 Å². The van der Waals surface area contributed by atoms with E-state index in [4.69, 9.17) is 12.2 Å². The first kappa shape index (κ1) is 15.8. The van der Waals surface area contributed by atoms with E-state index in [1.165, 1.54) is 24.3 Å². The number of carbonyl (C=O) groups is 1. The van der Waals surface area contributed by atoms with Crippen LogP contribution in [0.15, 0.2) is 24.3 Å². The number of hydrazine groups is 1. The van der Waals surface area contributed by atoms with Gasteiger partial charge in [-0.15, -0.1) is 0 Å². The molecule has 108 valence electrons. The minimum atomic E-state index is -0.480. The van der Waals surface area contributed by atoms with Crippen molar-refractivity contribution in [2.45, 2.75) is 20.3 Å². The van der Waals surface area contributed by atoms with Crippen molar-refractivity contribution in [3.8, 4) is 0 Å². The quantitative estimate of drug-likeness (QED) is 0.446. The third kappa shape index (κ3) is 5.61. The summed E-state index contributed by atoms with van der Waals surface area (Å²) in [5.74, 6) is 0.0980. The fraction of sp³-hybridized carbons (Fsp3) is 0.333. The molecular weight excluding hydrogens is 280 g/mol. The molecule has 20 heavy (non-hydrogen) atoms. The summed E-state index contributed by atoms with van der Waals surface area (Å²) in [7, 11) is 0. The minimum Gasteiger partial charge on any atom is -0.331 e. The third-order valence-electron chi connectivity index (χ3n) is 2.25. The number of nitrogens with zero attached hydrogens (tertiary/aromatic N) is 1. The van der Waals surface area contributed by atoms with E-state index in [1.54, 1.807) is 0 Å². The second-order valence-electron chi connectivity index (χ2n) is 4.53. The van der Waals surface area contributed by atoms with Crippen LogP contribution in [0.1, 0.15) is 20.3 Å². The first-order chi connectivity index (χ1) is 9.38. The fourth-order valence-corrected chi connectivity index (χ4v) is 1.55. The zero-order chi connectivity index (χ0) is 15.1. The van der Waals surface area contributed by atoms with Crippen molar-refractivity contribution in [2.24, 2.45) is 5.92 Å². The molecule has 0 unspecified atom stereocenters. The molecular formula is C12H16N4O3S. The lowest BCUT2D eigenvalue weighted by Gasteiger charge is -2.12. The summed E-state index contributed by atoms with van der Waals surface area (Å²) in [6, 6.07) is 5.79. The van der Waals surface area contributed by atoms with Gasteiger partial charge in [0.15, 0.2) is 5.11 Å². The number of nitrogens with one attached hydrogen (secondary N) is 3. The van der Waals surface area contributed by atoms with E-state index in [2.05, 4.69) is 16.2 Å². The lowest BCUT2D eigenvalue weighted by atomic mass is 10.1. The highest BCUT2D eigenvalue weighted by Crippen LogP contribution is 2.15. The van der Waals surface area contributed by atoms with Crippen LogP contribution < -0.4 is 16.2 Å². The summed E-state index contributed by atoms with van der Waals surface area (Å²) < 4.78 is 0. The summed E-state index contributed by atoms with van der Waals surface area (Å²) in [4.78, 5) is 21.4. The average molecular weight is 296 g/mol. The number of hydrogen-bond acceptors (Lipinski definition) is 4. The number of anilines is 1. The van der Waals surface area contributed by atoms with Crippen molar-refractivity contribution >= 4 is 34.6 Å². The van der Waals surface area contributed by atoms with E-state index in [1.807, 2.05) is 13.8 Å². The predicted octanol–water partition coefficient (Wildman–Crippen LogP) is 1.96. The molecule has 0 saturated heterocycles. The van der Waals surface area contributed by atoms with E-state index in [0.717, 1.165) is 0 Å². The number of nitro benzene ring substituents is 1. The van der Waals surface area contributed by atoms with Gasteiger partial charge in [-0.25, -0.2) is 0 Å². The number of benzene rings is 1. The van der Waals surface area contributed by atoms with Crippen molar-refractivity contribution < 1.29 is 9.72 Å². The zero-order valence-corrected chi connectivity index (χ0v) is 12.0. The van der Waals surface area contributed by atoms with E-state index < -0.39 is 4.92 Å². The number of carbonyl (C=O) groups excluding carboxylic acids is 1. The van der Waals surface area contributed by atoms with Crippen LogP contribution in [-0.4, -0.2) is 15.9 Å². The van der Waals surface area contributed by atoms with Crippen LogP contribution in [0.25, 0.3) is 0 Å². The van der Waals surface area contributed by atoms with E-state index in [0.29, 0.717) is 12.1 Å². The van der Waals surface area contributed by atoms with Gasteiger partial charge in [-0.1, -0.05) is 13.8 Å². The van der Waals surface area contributed by atoms with Gasteiger partial charge in [0.1, 0.15) is 0 Å². The molecule has 8 heteroatoms. The third-order valence-corrected chi connectivity index (χ3v) is 2.45. The minimum absolute atomic E-state index is 0.000311. The molecule has 1 rings (SSSR count). The number of thiocarbonyl (C=S) groups is 1. The zero-order valence-electron chi connectivity index (χ0n) is 11.2. The van der Waals surface area contributed by atoms with Crippen LogP contribution in [0.4, 0.5) is 11.4 Å². The molecule has 0 spiro atoms. The molecule has 3 N–H and O–H groups in total. The smallest absolute Gasteiger partial charge is 0.269 e. The van der Waals surface area contributed by atoms with Crippen molar-refractivity contribution in [3.63, 3.8) is 0 Å². The molecule has 1 aromatic rings. The predicted molar refractivity (Wildman–Crippen MR) is 80.1 cm³/mol. The van der Waals surface area contributed by atoms with Gasteiger partial charge in [0.05, 0.1) is 4.92 Å². The molecule has 0 saturated carbocycles. The number of rotatable bonds is 4. The van der Waals surface area contributed by atoms with Gasteiger partial charge < -0.3 is 5.32 Å². The molecule has 0 aromatic heterocycles. The molecule has 1 aromatic carbocycles. The van der Waals surface area contributed by atoms with Gasteiger partial charge in [-0.2, -0.15) is 0 Å². The average Bonchev–Trinajstić information content (AvgIpc) is 2.36. The van der Waals surface area contributed by atoms with Gasteiger partial charge >= 0.3 is 0 Å². The Morgan fingerprint density at radius 2 is 1.90 bits per heavy atom. The van der Waals surface area contributed by atoms with Crippen molar-refractivity contribution in [1.82, 2.24) is 10.9 Å². The molecule has 0 bridgehead atoms. The Kier molecular flexibility index (Phi) is 5.85. The van der Waals surface area contributed by atoms with Gasteiger partial charge in [0.2, 0.25) is 5.91 Å². The molecule has 0 aliphatic rings. The highest BCUT2D eigenvalue weighted by atomic mass is 32.1. The van der Waals surface area contributed by atoms with Crippen molar-refractivity contribution in [1.29, 1.82) is 0 Å². The SMILES string of the molecule is CC(C)CC(=O)NNC(=S)Nc1ccc([N+](=O)[O-])cc1. The molecule has 0 heterocycles. The summed E-state index contributed by atoms with van der Waals surface area (Å²) in [6.45, 7) is 3.88. The molecule has 0 radical (unpaired) electrons. The molecule has 0 aliphatic carbocycles. The largest absolute Gasteiger partial charge is 0.331 e.